The summed E-state index contributed by atoms with van der Waals surface area (Å²) in [6.45, 7) is -0.220. The number of fused-ring (bicyclic) bond motifs is 3. The lowest BCUT2D eigenvalue weighted by molar-refractivity contribution is -0.122. The number of benzene rings is 4. The lowest BCUT2D eigenvalue weighted by Gasteiger charge is -2.30. The molecule has 1 saturated heterocycles. The van der Waals surface area contributed by atoms with Crippen LogP contribution in [-0.2, 0) is 20.9 Å². The number of carbonyl (C=O) groups excluding carboxylic acids is 3. The Labute approximate surface area is 254 Å². The highest BCUT2D eigenvalue weighted by atomic mass is 32.2. The Balaban J connectivity index is 1.26. The molecule has 3 heterocycles. The molecule has 0 saturated carbocycles. The van der Waals surface area contributed by atoms with Gasteiger partial charge in [0.25, 0.3) is 0 Å². The average molecular weight is 608 g/mol. The summed E-state index contributed by atoms with van der Waals surface area (Å²) in [6, 6.07) is 29.7. The van der Waals surface area contributed by atoms with Gasteiger partial charge in [-0.2, -0.15) is 0 Å². The minimum absolute atomic E-state index is 0.220. The van der Waals surface area contributed by atoms with Gasteiger partial charge in [0, 0.05) is 16.5 Å². The Hall–Kier alpha value is -4.67. The zero-order chi connectivity index (χ0) is 29.7. The number of carbonyl (C=O) groups is 3. The van der Waals surface area contributed by atoms with Gasteiger partial charge in [-0.25, -0.2) is 4.90 Å². The number of methoxy groups -OCH3 is 1. The molecule has 7 rings (SSSR count). The van der Waals surface area contributed by atoms with E-state index in [-0.39, 0.29) is 29.1 Å². The highest BCUT2D eigenvalue weighted by molar-refractivity contribution is 8.00. The third-order valence-corrected chi connectivity index (χ3v) is 10.5. The van der Waals surface area contributed by atoms with E-state index in [1.54, 1.807) is 43.5 Å². The van der Waals surface area contributed by atoms with Crippen LogP contribution in [-0.4, -0.2) is 34.6 Å². The van der Waals surface area contributed by atoms with E-state index < -0.39 is 17.1 Å². The SMILES string of the molecule is COc1ccc([C@H]2c3sc(=O)n(CC(=O)Nc4ccc5ccccc5c4)c3SC3C(=O)N(c4ccccc4)C(=O)C32)cc1. The van der Waals surface area contributed by atoms with E-state index in [9.17, 15) is 19.2 Å². The van der Waals surface area contributed by atoms with Crippen molar-refractivity contribution < 1.29 is 19.1 Å². The van der Waals surface area contributed by atoms with Gasteiger partial charge < -0.3 is 10.1 Å². The van der Waals surface area contributed by atoms with Gasteiger partial charge in [0.1, 0.15) is 17.5 Å². The molecule has 0 spiro atoms. The molecule has 4 aromatic carbocycles. The number of imide groups is 1. The van der Waals surface area contributed by atoms with Crippen LogP contribution in [0, 0.1) is 5.92 Å². The van der Waals surface area contributed by atoms with Gasteiger partial charge in [0.2, 0.25) is 17.7 Å². The van der Waals surface area contributed by atoms with Crippen LogP contribution in [0.15, 0.2) is 107 Å². The molecular weight excluding hydrogens is 583 g/mol. The molecule has 214 valence electrons. The minimum atomic E-state index is -0.754. The van der Waals surface area contributed by atoms with Crippen molar-refractivity contribution in [3.63, 3.8) is 0 Å². The van der Waals surface area contributed by atoms with Crippen LogP contribution in [0.3, 0.4) is 0 Å². The molecular formula is C33H25N3O5S2. The number of anilines is 2. The Morgan fingerprint density at radius 1 is 0.860 bits per heavy atom. The first-order chi connectivity index (χ1) is 20.9. The van der Waals surface area contributed by atoms with Crippen molar-refractivity contribution in [1.29, 1.82) is 0 Å². The second-order valence-corrected chi connectivity index (χ2v) is 12.5. The maximum atomic E-state index is 14.0. The van der Waals surface area contributed by atoms with Gasteiger partial charge in [-0.05, 0) is 52.7 Å². The quantitative estimate of drug-likeness (QED) is 0.256. The van der Waals surface area contributed by atoms with E-state index in [4.69, 9.17) is 4.74 Å². The molecule has 1 N–H and O–H groups in total. The third kappa shape index (κ3) is 4.72. The first kappa shape index (κ1) is 27.2. The number of nitrogens with zero attached hydrogens (tertiary/aromatic N) is 2. The molecule has 3 amide bonds. The van der Waals surface area contributed by atoms with Crippen LogP contribution in [0.4, 0.5) is 11.4 Å². The predicted octanol–water partition coefficient (Wildman–Crippen LogP) is 5.51. The molecule has 0 bridgehead atoms. The topological polar surface area (TPSA) is 97.7 Å². The van der Waals surface area contributed by atoms with Crippen LogP contribution in [0.25, 0.3) is 10.8 Å². The lowest BCUT2D eigenvalue weighted by atomic mass is 9.83. The van der Waals surface area contributed by atoms with Crippen LogP contribution in [0.5, 0.6) is 5.75 Å². The summed E-state index contributed by atoms with van der Waals surface area (Å²) in [5.41, 5.74) is 1.93. The molecule has 1 aromatic heterocycles. The largest absolute Gasteiger partial charge is 0.497 e. The fourth-order valence-electron chi connectivity index (χ4n) is 5.87. The molecule has 8 nitrogen and oxygen atoms in total. The average Bonchev–Trinajstić information content (AvgIpc) is 3.47. The Morgan fingerprint density at radius 3 is 2.33 bits per heavy atom. The van der Waals surface area contributed by atoms with Crippen LogP contribution >= 0.6 is 23.1 Å². The summed E-state index contributed by atoms with van der Waals surface area (Å²) >= 11 is 2.22. The number of hydrogen-bond acceptors (Lipinski definition) is 7. The molecule has 10 heteroatoms. The lowest BCUT2D eigenvalue weighted by Crippen LogP contribution is -2.33. The van der Waals surface area contributed by atoms with Gasteiger partial charge in [-0.1, -0.05) is 83.8 Å². The maximum absolute atomic E-state index is 14.0. The molecule has 2 aliphatic heterocycles. The summed E-state index contributed by atoms with van der Waals surface area (Å²) in [7, 11) is 1.58. The van der Waals surface area contributed by atoms with Gasteiger partial charge >= 0.3 is 4.87 Å². The van der Waals surface area contributed by atoms with Crippen molar-refractivity contribution in [3.05, 3.63) is 117 Å². The Bertz CT molecular complexity index is 1950. The van der Waals surface area contributed by atoms with Gasteiger partial charge in [-0.3, -0.25) is 23.7 Å². The predicted molar refractivity (Wildman–Crippen MR) is 168 cm³/mol. The van der Waals surface area contributed by atoms with E-state index in [1.807, 2.05) is 60.7 Å². The Kier molecular flexibility index (Phi) is 6.87. The highest BCUT2D eigenvalue weighted by Gasteiger charge is 2.56. The maximum Gasteiger partial charge on any atom is 0.308 e. The molecule has 0 aliphatic carbocycles. The van der Waals surface area contributed by atoms with Gasteiger partial charge in [-0.15, -0.1) is 0 Å². The second kappa shape index (κ2) is 10.9. The highest BCUT2D eigenvalue weighted by Crippen LogP contribution is 2.54. The fraction of sp³-hybridized carbons (Fsp3) is 0.152. The fourth-order valence-corrected chi connectivity index (χ4v) is 8.64. The van der Waals surface area contributed by atoms with Crippen molar-refractivity contribution in [3.8, 4) is 5.75 Å². The monoisotopic (exact) mass is 607 g/mol. The molecule has 2 aliphatic rings. The number of thiazole rings is 1. The summed E-state index contributed by atoms with van der Waals surface area (Å²) < 4.78 is 6.76. The molecule has 3 atom stereocenters. The van der Waals surface area contributed by atoms with E-state index in [0.717, 1.165) is 27.7 Å². The number of amides is 3. The molecule has 1 fully saturated rings. The first-order valence-corrected chi connectivity index (χ1v) is 15.4. The zero-order valence-corrected chi connectivity index (χ0v) is 24.6. The van der Waals surface area contributed by atoms with Crippen LogP contribution < -0.4 is 19.8 Å². The van der Waals surface area contributed by atoms with Crippen LogP contribution in [0.1, 0.15) is 16.4 Å². The number of ether oxygens (including phenoxy) is 1. The number of para-hydroxylation sites is 1. The summed E-state index contributed by atoms with van der Waals surface area (Å²) in [4.78, 5) is 56.0. The first-order valence-electron chi connectivity index (χ1n) is 13.7. The zero-order valence-electron chi connectivity index (χ0n) is 22.9. The van der Waals surface area contributed by atoms with Crippen molar-refractivity contribution in [2.24, 2.45) is 5.92 Å². The van der Waals surface area contributed by atoms with Gasteiger partial charge in [0.05, 0.1) is 23.7 Å². The van der Waals surface area contributed by atoms with Crippen molar-refractivity contribution in [2.45, 2.75) is 22.7 Å². The van der Waals surface area contributed by atoms with Crippen molar-refractivity contribution in [1.82, 2.24) is 4.57 Å². The number of thioether (sulfide) groups is 1. The van der Waals surface area contributed by atoms with Crippen molar-refractivity contribution >= 4 is 63.0 Å². The molecule has 5 aromatic rings. The molecule has 43 heavy (non-hydrogen) atoms. The van der Waals surface area contributed by atoms with E-state index in [1.165, 1.54) is 21.2 Å². The van der Waals surface area contributed by atoms with Crippen molar-refractivity contribution in [2.75, 3.05) is 17.3 Å². The Morgan fingerprint density at radius 2 is 1.58 bits per heavy atom. The molecule has 0 radical (unpaired) electrons. The van der Waals surface area contributed by atoms with E-state index in [2.05, 4.69) is 5.32 Å². The van der Waals surface area contributed by atoms with Crippen LogP contribution in [0.2, 0.25) is 0 Å². The number of nitrogens with one attached hydrogen (secondary N) is 1. The third-order valence-electron chi connectivity index (χ3n) is 7.87. The normalized spacial score (nSPS) is 19.3. The smallest absolute Gasteiger partial charge is 0.308 e. The van der Waals surface area contributed by atoms with E-state index >= 15 is 0 Å². The molecule has 2 unspecified atom stereocenters. The second-order valence-electron chi connectivity index (χ2n) is 10.4. The van der Waals surface area contributed by atoms with Gasteiger partial charge in [0.15, 0.2) is 0 Å². The number of rotatable bonds is 6. The summed E-state index contributed by atoms with van der Waals surface area (Å²) in [5, 5.41) is 4.74. The number of hydrogen-bond donors (Lipinski definition) is 1. The summed E-state index contributed by atoms with van der Waals surface area (Å²) in [5.74, 6) is -1.60. The standard InChI is InChI=1S/C33H25N3O5S2/c1-41-24-15-12-20(13-16-24)26-27-28(31(39)36(30(27)38)23-9-3-2-4-10-23)42-32-29(26)43-33(40)35(32)18-25(37)34-22-14-11-19-7-5-6-8-21(19)17-22/h2-17,26-28H,18H2,1H3,(H,34,37)/t26-,27?,28?/m1/s1. The van der Waals surface area contributed by atoms with E-state index in [0.29, 0.717) is 27.0 Å². The number of aromatic nitrogens is 1. The summed E-state index contributed by atoms with van der Waals surface area (Å²) in [6.07, 6.45) is 0. The minimum Gasteiger partial charge on any atom is -0.497 e.